The molecule has 1 aliphatic carbocycles. The minimum Gasteiger partial charge on any atom is -0.495 e. The van der Waals surface area contributed by atoms with Crippen molar-refractivity contribution in [2.75, 3.05) is 37.9 Å². The molecule has 1 fully saturated rings. The number of anilines is 2. The summed E-state index contributed by atoms with van der Waals surface area (Å²) in [5, 5.41) is 8.51. The van der Waals surface area contributed by atoms with E-state index in [0.717, 1.165) is 17.7 Å². The third-order valence-corrected chi connectivity index (χ3v) is 4.65. The van der Waals surface area contributed by atoms with Crippen LogP contribution in [0.15, 0.2) is 48.5 Å². The Morgan fingerprint density at radius 2 is 1.63 bits per heavy atom. The standard InChI is InChI=1S/C22H26N4O4/c1-26(14-21(28)24-17-11-12-17)13-20(27)23-16-9-7-15(8-10-16)22(29)25-18-5-3-4-6-19(18)30-2/h3-10,17H,11-14H2,1-2H3,(H,23,27)(H,24,28)(H,25,29)/p+1. The molecule has 1 saturated carbocycles. The van der Waals surface area contributed by atoms with Gasteiger partial charge in [0.1, 0.15) is 5.75 Å². The largest absolute Gasteiger partial charge is 0.495 e. The third-order valence-electron chi connectivity index (χ3n) is 4.65. The monoisotopic (exact) mass is 411 g/mol. The lowest BCUT2D eigenvalue weighted by Gasteiger charge is -2.14. The molecule has 0 heterocycles. The van der Waals surface area contributed by atoms with Crippen molar-refractivity contribution in [3.05, 3.63) is 54.1 Å². The smallest absolute Gasteiger partial charge is 0.279 e. The average molecular weight is 411 g/mol. The zero-order valence-electron chi connectivity index (χ0n) is 17.2. The van der Waals surface area contributed by atoms with Gasteiger partial charge in [-0.15, -0.1) is 0 Å². The minimum absolute atomic E-state index is 0.0341. The highest BCUT2D eigenvalue weighted by Gasteiger charge is 2.24. The van der Waals surface area contributed by atoms with E-state index < -0.39 is 0 Å². The molecule has 158 valence electrons. The number of hydrogen-bond donors (Lipinski definition) is 4. The van der Waals surface area contributed by atoms with Gasteiger partial charge in [0.25, 0.3) is 17.7 Å². The van der Waals surface area contributed by atoms with Crippen molar-refractivity contribution < 1.29 is 24.0 Å². The number of nitrogens with one attached hydrogen (secondary N) is 4. The normalized spacial score (nSPS) is 13.8. The fourth-order valence-electron chi connectivity index (χ4n) is 2.97. The summed E-state index contributed by atoms with van der Waals surface area (Å²) in [6.45, 7) is 0.431. The summed E-state index contributed by atoms with van der Waals surface area (Å²) in [6, 6.07) is 14.1. The van der Waals surface area contributed by atoms with Crippen molar-refractivity contribution in [2.45, 2.75) is 18.9 Å². The van der Waals surface area contributed by atoms with Gasteiger partial charge in [-0.1, -0.05) is 12.1 Å². The molecule has 4 N–H and O–H groups in total. The number of rotatable bonds is 9. The molecule has 3 rings (SSSR count). The SMILES string of the molecule is COc1ccccc1NC(=O)c1ccc(NC(=O)C[NH+](C)CC(=O)NC2CC2)cc1. The first kappa shape index (κ1) is 21.3. The van der Waals surface area contributed by atoms with Gasteiger partial charge in [0.2, 0.25) is 0 Å². The maximum absolute atomic E-state index is 12.4. The highest BCUT2D eigenvalue weighted by molar-refractivity contribution is 6.05. The second-order valence-corrected chi connectivity index (χ2v) is 7.43. The number of quaternary nitrogens is 1. The Morgan fingerprint density at radius 3 is 2.30 bits per heavy atom. The fourth-order valence-corrected chi connectivity index (χ4v) is 2.97. The van der Waals surface area contributed by atoms with Gasteiger partial charge in [-0.05, 0) is 49.2 Å². The van der Waals surface area contributed by atoms with Crippen molar-refractivity contribution in [1.82, 2.24) is 5.32 Å². The van der Waals surface area contributed by atoms with E-state index in [2.05, 4.69) is 16.0 Å². The lowest BCUT2D eigenvalue weighted by Crippen LogP contribution is -3.11. The van der Waals surface area contributed by atoms with Gasteiger partial charge < -0.3 is 25.6 Å². The van der Waals surface area contributed by atoms with Crippen LogP contribution in [-0.4, -0.2) is 51.0 Å². The maximum Gasteiger partial charge on any atom is 0.279 e. The van der Waals surface area contributed by atoms with Crippen LogP contribution in [0.25, 0.3) is 0 Å². The maximum atomic E-state index is 12.4. The Morgan fingerprint density at radius 1 is 0.967 bits per heavy atom. The highest BCUT2D eigenvalue weighted by atomic mass is 16.5. The van der Waals surface area contributed by atoms with Crippen LogP contribution in [0.3, 0.4) is 0 Å². The number of hydrogen-bond acceptors (Lipinski definition) is 4. The summed E-state index contributed by atoms with van der Waals surface area (Å²) in [5.41, 5.74) is 1.63. The number of carbonyl (C=O) groups excluding carboxylic acids is 3. The Bertz CT molecular complexity index is 910. The lowest BCUT2D eigenvalue weighted by atomic mass is 10.2. The molecule has 0 aliphatic heterocycles. The topological polar surface area (TPSA) is 101 Å². The van der Waals surface area contributed by atoms with Gasteiger partial charge in [0, 0.05) is 17.3 Å². The molecule has 30 heavy (non-hydrogen) atoms. The fraction of sp³-hybridized carbons (Fsp3) is 0.318. The molecule has 0 radical (unpaired) electrons. The first-order chi connectivity index (χ1) is 14.4. The van der Waals surface area contributed by atoms with E-state index in [-0.39, 0.29) is 30.8 Å². The van der Waals surface area contributed by atoms with Gasteiger partial charge in [-0.25, -0.2) is 0 Å². The van der Waals surface area contributed by atoms with Crippen molar-refractivity contribution in [3.8, 4) is 5.75 Å². The van der Waals surface area contributed by atoms with Crippen molar-refractivity contribution in [3.63, 3.8) is 0 Å². The highest BCUT2D eigenvalue weighted by Crippen LogP contribution is 2.23. The number of carbonyl (C=O) groups is 3. The molecule has 0 spiro atoms. The number of ether oxygens (including phenoxy) is 1. The average Bonchev–Trinajstić information content (AvgIpc) is 3.52. The second kappa shape index (κ2) is 9.89. The number of amides is 3. The van der Waals surface area contributed by atoms with E-state index in [1.807, 2.05) is 12.1 Å². The summed E-state index contributed by atoms with van der Waals surface area (Å²) in [7, 11) is 3.35. The van der Waals surface area contributed by atoms with Crippen LogP contribution >= 0.6 is 0 Å². The molecule has 0 saturated heterocycles. The lowest BCUT2D eigenvalue weighted by molar-refractivity contribution is -0.862. The summed E-state index contributed by atoms with van der Waals surface area (Å²) < 4.78 is 5.23. The molecule has 2 aromatic rings. The van der Waals surface area contributed by atoms with Crippen LogP contribution in [0, 0.1) is 0 Å². The summed E-state index contributed by atoms with van der Waals surface area (Å²) in [5.74, 6) is 0.0709. The van der Waals surface area contributed by atoms with E-state index in [1.165, 1.54) is 0 Å². The first-order valence-electron chi connectivity index (χ1n) is 9.89. The van der Waals surface area contributed by atoms with Crippen LogP contribution in [0.4, 0.5) is 11.4 Å². The molecule has 8 nitrogen and oxygen atoms in total. The molecule has 2 aromatic carbocycles. The second-order valence-electron chi connectivity index (χ2n) is 7.43. The number of likely N-dealkylation sites (N-methyl/N-ethyl adjacent to an activating group) is 1. The first-order valence-corrected chi connectivity index (χ1v) is 9.89. The summed E-state index contributed by atoms with van der Waals surface area (Å²) in [4.78, 5) is 37.3. The molecule has 8 heteroatoms. The molecule has 1 aliphatic rings. The number of benzene rings is 2. The van der Waals surface area contributed by atoms with E-state index in [0.29, 0.717) is 28.7 Å². The quantitative estimate of drug-likeness (QED) is 0.487. The predicted octanol–water partition coefficient (Wildman–Crippen LogP) is 0.679. The molecule has 1 atom stereocenters. The van der Waals surface area contributed by atoms with Gasteiger partial charge in [0.15, 0.2) is 13.1 Å². The van der Waals surface area contributed by atoms with Crippen LogP contribution in [0.2, 0.25) is 0 Å². The number of methoxy groups -OCH3 is 1. The van der Waals surface area contributed by atoms with Gasteiger partial charge in [-0.2, -0.15) is 0 Å². The van der Waals surface area contributed by atoms with Crippen LogP contribution in [0.5, 0.6) is 5.75 Å². The van der Waals surface area contributed by atoms with Crippen LogP contribution < -0.4 is 25.6 Å². The Labute approximate surface area is 175 Å². The molecule has 0 bridgehead atoms. The van der Waals surface area contributed by atoms with Gasteiger partial charge in [0.05, 0.1) is 19.8 Å². The van der Waals surface area contributed by atoms with E-state index in [9.17, 15) is 14.4 Å². The Hall–Kier alpha value is -3.39. The van der Waals surface area contributed by atoms with Crippen LogP contribution in [0.1, 0.15) is 23.2 Å². The van der Waals surface area contributed by atoms with Crippen molar-refractivity contribution >= 4 is 29.1 Å². The Balaban J connectivity index is 1.49. The van der Waals surface area contributed by atoms with E-state index >= 15 is 0 Å². The molecule has 3 amide bonds. The molecular weight excluding hydrogens is 384 g/mol. The van der Waals surface area contributed by atoms with E-state index in [4.69, 9.17) is 4.74 Å². The zero-order valence-corrected chi connectivity index (χ0v) is 17.2. The summed E-state index contributed by atoms with van der Waals surface area (Å²) >= 11 is 0. The van der Waals surface area contributed by atoms with Crippen LogP contribution in [-0.2, 0) is 9.59 Å². The minimum atomic E-state index is -0.275. The van der Waals surface area contributed by atoms with Crippen molar-refractivity contribution in [2.24, 2.45) is 0 Å². The van der Waals surface area contributed by atoms with Gasteiger partial charge >= 0.3 is 0 Å². The molecule has 0 aromatic heterocycles. The van der Waals surface area contributed by atoms with Crippen molar-refractivity contribution in [1.29, 1.82) is 0 Å². The predicted molar refractivity (Wildman–Crippen MR) is 114 cm³/mol. The molecule has 1 unspecified atom stereocenters. The van der Waals surface area contributed by atoms with E-state index in [1.54, 1.807) is 50.6 Å². The number of para-hydroxylation sites is 2. The zero-order chi connectivity index (χ0) is 21.5. The van der Waals surface area contributed by atoms with Gasteiger partial charge in [-0.3, -0.25) is 14.4 Å². The molecular formula is C22H27N4O4+. The Kier molecular flexibility index (Phi) is 7.03. The summed E-state index contributed by atoms with van der Waals surface area (Å²) in [6.07, 6.45) is 2.08. The third kappa shape index (κ3) is 6.31.